The highest BCUT2D eigenvalue weighted by Crippen LogP contribution is 2.36. The first-order chi connectivity index (χ1) is 11.9. The number of carbonyl (C=O) groups excluding carboxylic acids is 1. The summed E-state index contributed by atoms with van der Waals surface area (Å²) >= 11 is 0. The number of nitrogens with zero attached hydrogens (tertiary/aromatic N) is 1. The third-order valence-electron chi connectivity index (χ3n) is 4.09. The predicted molar refractivity (Wildman–Crippen MR) is 89.1 cm³/mol. The minimum absolute atomic E-state index is 0.0998. The fraction of sp³-hybridized carbons (Fsp3) is 0.278. The molecule has 1 amide bonds. The molecule has 7 nitrogen and oxygen atoms in total. The summed E-state index contributed by atoms with van der Waals surface area (Å²) in [7, 11) is 0. The third-order valence-corrected chi connectivity index (χ3v) is 4.09. The molecule has 2 aromatic rings. The number of carbonyl (C=O) groups is 2. The van der Waals surface area contributed by atoms with Crippen LogP contribution in [0.2, 0.25) is 0 Å². The molecule has 0 saturated heterocycles. The van der Waals surface area contributed by atoms with Crippen LogP contribution in [0.1, 0.15) is 40.3 Å². The number of rotatable bonds is 5. The Bertz CT molecular complexity index is 815. The number of hydrogen-bond donors (Lipinski definition) is 2. The molecule has 7 heteroatoms. The van der Waals surface area contributed by atoms with Crippen LogP contribution in [-0.2, 0) is 5.41 Å². The first-order valence-corrected chi connectivity index (χ1v) is 7.74. The van der Waals surface area contributed by atoms with Gasteiger partial charge >= 0.3 is 5.97 Å². The Labute approximate surface area is 144 Å². The van der Waals surface area contributed by atoms with E-state index >= 15 is 0 Å². The number of carboxylic acid groups (broad SMARTS) is 1. The highest BCUT2D eigenvalue weighted by atomic mass is 16.7. The van der Waals surface area contributed by atoms with Crippen molar-refractivity contribution in [2.75, 3.05) is 13.3 Å². The summed E-state index contributed by atoms with van der Waals surface area (Å²) in [5, 5.41) is 11.7. The average molecular weight is 342 g/mol. The second kappa shape index (κ2) is 6.43. The van der Waals surface area contributed by atoms with E-state index in [2.05, 4.69) is 10.3 Å². The highest BCUT2D eigenvalue weighted by molar-refractivity contribution is 5.94. The van der Waals surface area contributed by atoms with Crippen LogP contribution in [0, 0.1) is 0 Å². The van der Waals surface area contributed by atoms with E-state index in [0.29, 0.717) is 23.6 Å². The maximum Gasteiger partial charge on any atom is 0.354 e. The Balaban J connectivity index is 1.67. The molecule has 130 valence electrons. The fourth-order valence-electron chi connectivity index (χ4n) is 2.48. The van der Waals surface area contributed by atoms with Crippen molar-refractivity contribution in [2.45, 2.75) is 19.3 Å². The number of nitrogens with one attached hydrogen (secondary N) is 1. The highest BCUT2D eigenvalue weighted by Gasteiger charge is 2.25. The van der Waals surface area contributed by atoms with Crippen LogP contribution in [0.4, 0.5) is 0 Å². The first kappa shape index (κ1) is 16.8. The van der Waals surface area contributed by atoms with Crippen molar-refractivity contribution in [1.82, 2.24) is 10.3 Å². The summed E-state index contributed by atoms with van der Waals surface area (Å²) in [6.07, 6.45) is 1.26. The van der Waals surface area contributed by atoms with Gasteiger partial charge in [0.15, 0.2) is 11.5 Å². The minimum atomic E-state index is -1.13. The van der Waals surface area contributed by atoms with E-state index < -0.39 is 5.97 Å². The largest absolute Gasteiger partial charge is 0.477 e. The van der Waals surface area contributed by atoms with Gasteiger partial charge in [0.05, 0.1) is 5.56 Å². The van der Waals surface area contributed by atoms with Crippen molar-refractivity contribution >= 4 is 11.9 Å². The Hall–Kier alpha value is -3.09. The fourth-order valence-corrected chi connectivity index (χ4v) is 2.48. The minimum Gasteiger partial charge on any atom is -0.477 e. The van der Waals surface area contributed by atoms with Crippen LogP contribution < -0.4 is 14.8 Å². The van der Waals surface area contributed by atoms with Gasteiger partial charge in [-0.05, 0) is 29.8 Å². The molecule has 0 atom stereocenters. The summed E-state index contributed by atoms with van der Waals surface area (Å²) < 4.78 is 10.7. The molecule has 0 radical (unpaired) electrons. The van der Waals surface area contributed by atoms with Crippen molar-refractivity contribution in [1.29, 1.82) is 0 Å². The zero-order valence-electron chi connectivity index (χ0n) is 13.9. The van der Waals surface area contributed by atoms with Gasteiger partial charge in [0, 0.05) is 18.2 Å². The maximum absolute atomic E-state index is 12.2. The van der Waals surface area contributed by atoms with Gasteiger partial charge < -0.3 is 19.9 Å². The lowest BCUT2D eigenvalue weighted by Gasteiger charge is -2.26. The normalized spacial score (nSPS) is 12.7. The molecule has 2 N–H and O–H groups in total. The molecule has 0 bridgehead atoms. The molecule has 0 unspecified atom stereocenters. The number of benzene rings is 1. The van der Waals surface area contributed by atoms with Crippen molar-refractivity contribution in [2.24, 2.45) is 0 Å². The summed E-state index contributed by atoms with van der Waals surface area (Å²) in [4.78, 5) is 26.8. The van der Waals surface area contributed by atoms with Gasteiger partial charge in [0.25, 0.3) is 5.91 Å². The molecule has 0 aliphatic carbocycles. The van der Waals surface area contributed by atoms with Gasteiger partial charge in [0.1, 0.15) is 5.69 Å². The van der Waals surface area contributed by atoms with Crippen molar-refractivity contribution in [3.63, 3.8) is 0 Å². The quantitative estimate of drug-likeness (QED) is 0.865. The number of carboxylic acids is 1. The molecule has 1 aromatic carbocycles. The van der Waals surface area contributed by atoms with Gasteiger partial charge in [-0.2, -0.15) is 0 Å². The van der Waals surface area contributed by atoms with Gasteiger partial charge in [-0.15, -0.1) is 0 Å². The van der Waals surface area contributed by atoms with E-state index in [1.165, 1.54) is 18.3 Å². The van der Waals surface area contributed by atoms with E-state index in [1.807, 2.05) is 32.0 Å². The summed E-state index contributed by atoms with van der Waals surface area (Å²) in [5.41, 5.74) is 0.894. The summed E-state index contributed by atoms with van der Waals surface area (Å²) in [5.74, 6) is -0.0207. The Morgan fingerprint density at radius 1 is 1.20 bits per heavy atom. The monoisotopic (exact) mass is 342 g/mol. The topological polar surface area (TPSA) is 97.8 Å². The Morgan fingerprint density at radius 3 is 2.64 bits per heavy atom. The van der Waals surface area contributed by atoms with Crippen LogP contribution in [0.5, 0.6) is 11.5 Å². The molecular formula is C18H18N2O5. The molecule has 3 rings (SSSR count). The molecule has 25 heavy (non-hydrogen) atoms. The third kappa shape index (κ3) is 3.55. The van der Waals surface area contributed by atoms with Gasteiger partial charge in [-0.25, -0.2) is 9.78 Å². The number of ether oxygens (including phenoxy) is 2. The van der Waals surface area contributed by atoms with E-state index in [-0.39, 0.29) is 23.8 Å². The predicted octanol–water partition coefficient (Wildman–Crippen LogP) is 2.22. The van der Waals surface area contributed by atoms with Crippen molar-refractivity contribution in [3.05, 3.63) is 53.3 Å². The maximum atomic E-state index is 12.2. The molecule has 0 spiro atoms. The lowest BCUT2D eigenvalue weighted by Crippen LogP contribution is -2.36. The molecular weight excluding hydrogens is 324 g/mol. The summed E-state index contributed by atoms with van der Waals surface area (Å²) in [6, 6.07) is 8.47. The second-order valence-corrected chi connectivity index (χ2v) is 6.37. The molecule has 2 heterocycles. The van der Waals surface area contributed by atoms with E-state index in [0.717, 1.165) is 5.56 Å². The number of fused-ring (bicyclic) bond motifs is 1. The molecule has 0 fully saturated rings. The van der Waals surface area contributed by atoms with E-state index in [4.69, 9.17) is 14.6 Å². The summed E-state index contributed by atoms with van der Waals surface area (Å²) in [6.45, 7) is 4.63. The molecule has 0 saturated carbocycles. The smallest absolute Gasteiger partial charge is 0.354 e. The Kier molecular flexibility index (Phi) is 4.31. The number of hydrogen-bond acceptors (Lipinski definition) is 5. The van der Waals surface area contributed by atoms with E-state index in [9.17, 15) is 9.59 Å². The number of amides is 1. The van der Waals surface area contributed by atoms with Crippen molar-refractivity contribution < 1.29 is 24.2 Å². The standard InChI is InChI=1S/C18H18N2O5/c1-18(2,12-4-6-14-15(7-12)25-10-24-14)9-20-16(21)11-3-5-13(17(22)23)19-8-11/h3-8H,9-10H2,1-2H3,(H,20,21)(H,22,23). The van der Waals surface area contributed by atoms with Gasteiger partial charge in [-0.3, -0.25) is 4.79 Å². The van der Waals surface area contributed by atoms with E-state index in [1.54, 1.807) is 0 Å². The van der Waals surface area contributed by atoms with Crippen LogP contribution >= 0.6 is 0 Å². The lowest BCUT2D eigenvalue weighted by atomic mass is 9.84. The average Bonchev–Trinajstić information content (AvgIpc) is 3.07. The van der Waals surface area contributed by atoms with Crippen LogP contribution in [-0.4, -0.2) is 35.3 Å². The number of aromatic nitrogens is 1. The molecule has 1 aliphatic rings. The zero-order chi connectivity index (χ0) is 18.0. The zero-order valence-corrected chi connectivity index (χ0v) is 13.9. The first-order valence-electron chi connectivity index (χ1n) is 7.74. The SMILES string of the molecule is CC(C)(CNC(=O)c1ccc(C(=O)O)nc1)c1ccc2c(c1)OCO2. The molecule has 1 aliphatic heterocycles. The molecule has 1 aromatic heterocycles. The van der Waals surface area contributed by atoms with Gasteiger partial charge in [-0.1, -0.05) is 19.9 Å². The van der Waals surface area contributed by atoms with Crippen LogP contribution in [0.25, 0.3) is 0 Å². The lowest BCUT2D eigenvalue weighted by molar-refractivity contribution is 0.0689. The Morgan fingerprint density at radius 2 is 1.96 bits per heavy atom. The van der Waals surface area contributed by atoms with Crippen LogP contribution in [0.15, 0.2) is 36.5 Å². The van der Waals surface area contributed by atoms with Gasteiger partial charge in [0.2, 0.25) is 6.79 Å². The van der Waals surface area contributed by atoms with Crippen molar-refractivity contribution in [3.8, 4) is 11.5 Å². The number of pyridine rings is 1. The van der Waals surface area contributed by atoms with Crippen LogP contribution in [0.3, 0.4) is 0 Å². The second-order valence-electron chi connectivity index (χ2n) is 6.37. The number of aromatic carboxylic acids is 1.